The van der Waals surface area contributed by atoms with Crippen molar-refractivity contribution in [1.29, 1.82) is 0 Å². The van der Waals surface area contributed by atoms with E-state index in [1.165, 1.54) is 0 Å². The topological polar surface area (TPSA) is 66.5 Å². The van der Waals surface area contributed by atoms with Crippen LogP contribution in [0.3, 0.4) is 0 Å². The zero-order chi connectivity index (χ0) is 21.3. The molecule has 154 valence electrons. The average molecular weight is 421 g/mol. The first-order valence-corrected chi connectivity index (χ1v) is 11.4. The van der Waals surface area contributed by atoms with Crippen molar-refractivity contribution < 1.29 is 13.2 Å². The van der Waals surface area contributed by atoms with Crippen LogP contribution in [0.25, 0.3) is 0 Å². The van der Waals surface area contributed by atoms with Crippen LogP contribution in [0.4, 0.5) is 5.69 Å². The van der Waals surface area contributed by atoms with Gasteiger partial charge in [0.2, 0.25) is 10.0 Å². The molecule has 1 N–H and O–H groups in total. The molecule has 1 aliphatic rings. The number of carbonyl (C=O) groups excluding carboxylic acids is 1. The predicted molar refractivity (Wildman–Crippen MR) is 118 cm³/mol. The summed E-state index contributed by atoms with van der Waals surface area (Å²) in [6.45, 7) is 4.55. The van der Waals surface area contributed by atoms with E-state index in [9.17, 15) is 13.2 Å². The van der Waals surface area contributed by atoms with Crippen molar-refractivity contribution in [3.8, 4) is 0 Å². The van der Waals surface area contributed by atoms with Crippen molar-refractivity contribution in [1.82, 2.24) is 4.72 Å². The molecule has 0 bridgehead atoms. The monoisotopic (exact) mass is 420 g/mol. The molecule has 0 fully saturated rings. The summed E-state index contributed by atoms with van der Waals surface area (Å²) < 4.78 is 28.0. The maximum atomic E-state index is 13.0. The Balaban J connectivity index is 1.54. The number of fused-ring (bicyclic) bond motifs is 1. The van der Waals surface area contributed by atoms with E-state index < -0.39 is 10.0 Å². The number of nitrogens with zero attached hydrogens (tertiary/aromatic N) is 1. The Morgan fingerprint density at radius 1 is 1.00 bits per heavy atom. The van der Waals surface area contributed by atoms with Gasteiger partial charge in [-0.15, -0.1) is 0 Å². The standard InChI is InChI=1S/C24H24N2O3S/c1-17-7-10-21(11-8-17)24(27)26-14-13-20-12-9-19(15-22(20)26)16-25-30(28,29)23-6-4-3-5-18(23)2/h3-12,15,25H,13-14,16H2,1-2H3. The van der Waals surface area contributed by atoms with Gasteiger partial charge in [0.25, 0.3) is 5.91 Å². The zero-order valence-electron chi connectivity index (χ0n) is 17.1. The Morgan fingerprint density at radius 3 is 2.47 bits per heavy atom. The SMILES string of the molecule is Cc1ccc(C(=O)N2CCc3ccc(CNS(=O)(=O)c4ccccc4C)cc32)cc1. The molecular weight excluding hydrogens is 396 g/mol. The van der Waals surface area contributed by atoms with Gasteiger partial charge in [0.05, 0.1) is 4.90 Å². The summed E-state index contributed by atoms with van der Waals surface area (Å²) in [6, 6.07) is 20.3. The van der Waals surface area contributed by atoms with Gasteiger partial charge < -0.3 is 4.90 Å². The highest BCUT2D eigenvalue weighted by Crippen LogP contribution is 2.30. The van der Waals surface area contributed by atoms with E-state index in [4.69, 9.17) is 0 Å². The third kappa shape index (κ3) is 4.01. The van der Waals surface area contributed by atoms with Crippen molar-refractivity contribution in [3.05, 3.63) is 94.5 Å². The molecule has 0 aromatic heterocycles. The number of sulfonamides is 1. The summed E-state index contributed by atoms with van der Waals surface area (Å²) in [6.07, 6.45) is 0.794. The van der Waals surface area contributed by atoms with Crippen molar-refractivity contribution in [2.45, 2.75) is 31.7 Å². The Hall–Kier alpha value is -2.96. The molecule has 0 unspecified atom stereocenters. The Bertz CT molecular complexity index is 1200. The highest BCUT2D eigenvalue weighted by atomic mass is 32.2. The van der Waals surface area contributed by atoms with Crippen LogP contribution < -0.4 is 9.62 Å². The molecule has 0 radical (unpaired) electrons. The first-order chi connectivity index (χ1) is 14.3. The van der Waals surface area contributed by atoms with Gasteiger partial charge in [-0.05, 0) is 61.2 Å². The summed E-state index contributed by atoms with van der Waals surface area (Å²) in [5, 5.41) is 0. The van der Waals surface area contributed by atoms with Crippen LogP contribution in [0.2, 0.25) is 0 Å². The summed E-state index contributed by atoms with van der Waals surface area (Å²) in [5.41, 5.74) is 5.23. The van der Waals surface area contributed by atoms with Crippen LogP contribution in [0.15, 0.2) is 71.6 Å². The van der Waals surface area contributed by atoms with Gasteiger partial charge in [-0.1, -0.05) is 48.0 Å². The molecule has 1 aliphatic heterocycles. The van der Waals surface area contributed by atoms with Gasteiger partial charge in [-0.2, -0.15) is 0 Å². The predicted octanol–water partition coefficient (Wildman–Crippen LogP) is 3.98. The molecule has 4 rings (SSSR count). The number of carbonyl (C=O) groups is 1. The largest absolute Gasteiger partial charge is 0.308 e. The van der Waals surface area contributed by atoms with Gasteiger partial charge >= 0.3 is 0 Å². The Labute approximate surface area is 177 Å². The second-order valence-corrected chi connectivity index (χ2v) is 9.36. The van der Waals surface area contributed by atoms with Crippen LogP contribution in [0.1, 0.15) is 32.6 Å². The maximum Gasteiger partial charge on any atom is 0.258 e. The molecule has 1 amide bonds. The molecular formula is C24H24N2O3S. The fourth-order valence-electron chi connectivity index (χ4n) is 3.71. The van der Waals surface area contributed by atoms with Crippen LogP contribution >= 0.6 is 0 Å². The van der Waals surface area contributed by atoms with Crippen molar-refractivity contribution in [3.63, 3.8) is 0 Å². The minimum atomic E-state index is -3.61. The van der Waals surface area contributed by atoms with Gasteiger partial charge in [0.15, 0.2) is 0 Å². The number of rotatable bonds is 5. The van der Waals surface area contributed by atoms with E-state index in [0.717, 1.165) is 28.8 Å². The van der Waals surface area contributed by atoms with Crippen molar-refractivity contribution in [2.75, 3.05) is 11.4 Å². The third-order valence-corrected chi connectivity index (χ3v) is 7.00. The van der Waals surface area contributed by atoms with E-state index in [1.807, 2.05) is 55.5 Å². The number of aryl methyl sites for hydroxylation is 2. The fraction of sp³-hybridized carbons (Fsp3) is 0.208. The Kier molecular flexibility index (Phi) is 5.45. The lowest BCUT2D eigenvalue weighted by Crippen LogP contribution is -2.29. The highest BCUT2D eigenvalue weighted by Gasteiger charge is 2.26. The first kappa shape index (κ1) is 20.3. The lowest BCUT2D eigenvalue weighted by atomic mass is 10.1. The quantitative estimate of drug-likeness (QED) is 0.679. The summed E-state index contributed by atoms with van der Waals surface area (Å²) in [4.78, 5) is 15.0. The molecule has 0 aliphatic carbocycles. The molecule has 6 heteroatoms. The summed E-state index contributed by atoms with van der Waals surface area (Å²) in [7, 11) is -3.61. The normalized spacial score (nSPS) is 13.3. The molecule has 0 saturated carbocycles. The molecule has 3 aromatic carbocycles. The zero-order valence-corrected chi connectivity index (χ0v) is 17.9. The minimum absolute atomic E-state index is 0.0357. The van der Waals surface area contributed by atoms with Crippen LogP contribution in [0, 0.1) is 13.8 Å². The molecule has 3 aromatic rings. The number of amides is 1. The second kappa shape index (κ2) is 8.05. The van der Waals surface area contributed by atoms with Crippen molar-refractivity contribution in [2.24, 2.45) is 0 Å². The van der Waals surface area contributed by atoms with Gasteiger partial charge in [-0.3, -0.25) is 4.79 Å². The number of benzene rings is 3. The highest BCUT2D eigenvalue weighted by molar-refractivity contribution is 7.89. The van der Waals surface area contributed by atoms with Crippen LogP contribution in [0.5, 0.6) is 0 Å². The number of hydrogen-bond donors (Lipinski definition) is 1. The molecule has 0 spiro atoms. The van der Waals surface area contributed by atoms with Crippen LogP contribution in [-0.2, 0) is 23.0 Å². The molecule has 5 nitrogen and oxygen atoms in total. The van der Waals surface area contributed by atoms with Gasteiger partial charge in [0, 0.05) is 24.3 Å². The maximum absolute atomic E-state index is 13.0. The lowest BCUT2D eigenvalue weighted by Gasteiger charge is -2.18. The molecule has 1 heterocycles. The minimum Gasteiger partial charge on any atom is -0.308 e. The molecule has 0 atom stereocenters. The summed E-state index contributed by atoms with van der Waals surface area (Å²) in [5.74, 6) is -0.0357. The van der Waals surface area contributed by atoms with Gasteiger partial charge in [-0.25, -0.2) is 13.1 Å². The third-order valence-electron chi connectivity index (χ3n) is 5.44. The first-order valence-electron chi connectivity index (χ1n) is 9.91. The molecule has 30 heavy (non-hydrogen) atoms. The van der Waals surface area contributed by atoms with Gasteiger partial charge in [0.1, 0.15) is 0 Å². The lowest BCUT2D eigenvalue weighted by molar-refractivity contribution is 0.0989. The van der Waals surface area contributed by atoms with E-state index in [-0.39, 0.29) is 17.3 Å². The van der Waals surface area contributed by atoms with Crippen LogP contribution in [-0.4, -0.2) is 20.9 Å². The van der Waals surface area contributed by atoms with E-state index >= 15 is 0 Å². The van der Waals surface area contributed by atoms with E-state index in [1.54, 1.807) is 30.0 Å². The molecule has 0 saturated heterocycles. The number of nitrogens with one attached hydrogen (secondary N) is 1. The van der Waals surface area contributed by atoms with E-state index in [2.05, 4.69) is 4.72 Å². The van der Waals surface area contributed by atoms with Crippen molar-refractivity contribution >= 4 is 21.6 Å². The number of anilines is 1. The van der Waals surface area contributed by atoms with E-state index in [0.29, 0.717) is 17.7 Å². The Morgan fingerprint density at radius 2 is 1.73 bits per heavy atom. The summed E-state index contributed by atoms with van der Waals surface area (Å²) >= 11 is 0. The fourth-order valence-corrected chi connectivity index (χ4v) is 4.97. The smallest absolute Gasteiger partial charge is 0.258 e. The number of hydrogen-bond acceptors (Lipinski definition) is 3. The average Bonchev–Trinajstić information content (AvgIpc) is 3.16. The second-order valence-electron chi connectivity index (χ2n) is 7.63.